The Morgan fingerprint density at radius 3 is 2.77 bits per heavy atom. The summed E-state index contributed by atoms with van der Waals surface area (Å²) in [4.78, 5) is 0. The summed E-state index contributed by atoms with van der Waals surface area (Å²) < 4.78 is 13.5. The fraction of sp³-hybridized carbons (Fsp3) is 0.125. The predicted molar refractivity (Wildman–Crippen MR) is 84.9 cm³/mol. The minimum Gasteiger partial charge on any atom is -0.497 e. The SMILES string of the molecule is COc1ccc(COc2cc(Br)cn3ncc(C#N)c23)cc1. The van der Waals surface area contributed by atoms with Gasteiger partial charge in [-0.1, -0.05) is 12.1 Å². The average Bonchev–Trinajstić information content (AvgIpc) is 2.96. The largest absolute Gasteiger partial charge is 0.497 e. The molecule has 0 saturated carbocycles. The monoisotopic (exact) mass is 357 g/mol. The molecule has 0 bridgehead atoms. The van der Waals surface area contributed by atoms with Gasteiger partial charge in [0.15, 0.2) is 0 Å². The lowest BCUT2D eigenvalue weighted by atomic mass is 10.2. The molecule has 0 aliphatic heterocycles. The second-order valence-corrected chi connectivity index (χ2v) is 5.54. The van der Waals surface area contributed by atoms with Gasteiger partial charge in [0.2, 0.25) is 0 Å². The number of hydrogen-bond donors (Lipinski definition) is 0. The molecule has 110 valence electrons. The zero-order valence-corrected chi connectivity index (χ0v) is 13.4. The summed E-state index contributed by atoms with van der Waals surface area (Å²) in [5.74, 6) is 1.41. The van der Waals surface area contributed by atoms with Crippen molar-refractivity contribution in [2.45, 2.75) is 6.61 Å². The minimum atomic E-state index is 0.395. The van der Waals surface area contributed by atoms with Gasteiger partial charge in [0.1, 0.15) is 35.3 Å². The van der Waals surface area contributed by atoms with Gasteiger partial charge in [-0.2, -0.15) is 10.4 Å². The smallest absolute Gasteiger partial charge is 0.148 e. The lowest BCUT2D eigenvalue weighted by Crippen LogP contribution is -1.99. The highest BCUT2D eigenvalue weighted by Crippen LogP contribution is 2.28. The molecule has 2 heterocycles. The number of hydrogen-bond acceptors (Lipinski definition) is 4. The van der Waals surface area contributed by atoms with Gasteiger partial charge in [-0.05, 0) is 39.7 Å². The summed E-state index contributed by atoms with van der Waals surface area (Å²) in [5, 5.41) is 13.3. The molecule has 0 saturated heterocycles. The maximum atomic E-state index is 9.18. The molecule has 0 aliphatic carbocycles. The van der Waals surface area contributed by atoms with Crippen molar-refractivity contribution in [3.05, 3.63) is 58.3 Å². The molecule has 1 aromatic carbocycles. The van der Waals surface area contributed by atoms with E-state index in [-0.39, 0.29) is 0 Å². The number of nitrogens with zero attached hydrogens (tertiary/aromatic N) is 3. The maximum Gasteiger partial charge on any atom is 0.148 e. The molecule has 0 N–H and O–H groups in total. The lowest BCUT2D eigenvalue weighted by molar-refractivity contribution is 0.308. The third-order valence-corrected chi connectivity index (χ3v) is 3.65. The summed E-state index contributed by atoms with van der Waals surface area (Å²) in [5.41, 5.74) is 2.16. The van der Waals surface area contributed by atoms with Crippen LogP contribution < -0.4 is 9.47 Å². The topological polar surface area (TPSA) is 59.6 Å². The summed E-state index contributed by atoms with van der Waals surface area (Å²) in [6.45, 7) is 0.395. The van der Waals surface area contributed by atoms with Crippen LogP contribution in [-0.2, 0) is 6.61 Å². The number of benzene rings is 1. The van der Waals surface area contributed by atoms with Crippen LogP contribution in [0.25, 0.3) is 5.52 Å². The Labute approximate surface area is 135 Å². The number of methoxy groups -OCH3 is 1. The number of nitriles is 1. The van der Waals surface area contributed by atoms with Crippen molar-refractivity contribution in [3.63, 3.8) is 0 Å². The van der Waals surface area contributed by atoms with E-state index in [0.717, 1.165) is 15.8 Å². The highest BCUT2D eigenvalue weighted by molar-refractivity contribution is 9.10. The minimum absolute atomic E-state index is 0.395. The Morgan fingerprint density at radius 1 is 1.32 bits per heavy atom. The van der Waals surface area contributed by atoms with E-state index in [0.29, 0.717) is 23.4 Å². The van der Waals surface area contributed by atoms with E-state index >= 15 is 0 Å². The maximum absolute atomic E-state index is 9.18. The van der Waals surface area contributed by atoms with Crippen LogP contribution in [0.3, 0.4) is 0 Å². The van der Waals surface area contributed by atoms with Crippen LogP contribution in [0.1, 0.15) is 11.1 Å². The van der Waals surface area contributed by atoms with E-state index in [4.69, 9.17) is 9.47 Å². The van der Waals surface area contributed by atoms with Crippen LogP contribution >= 0.6 is 15.9 Å². The number of rotatable bonds is 4. The Balaban J connectivity index is 1.89. The average molecular weight is 358 g/mol. The van der Waals surface area contributed by atoms with Crippen LogP contribution in [0, 0.1) is 11.3 Å². The Hall–Kier alpha value is -2.52. The molecule has 3 aromatic rings. The van der Waals surface area contributed by atoms with Gasteiger partial charge >= 0.3 is 0 Å². The molecule has 2 aromatic heterocycles. The Morgan fingerprint density at radius 2 is 2.09 bits per heavy atom. The quantitative estimate of drug-likeness (QED) is 0.716. The highest BCUT2D eigenvalue weighted by Gasteiger charge is 2.11. The number of ether oxygens (including phenoxy) is 2. The first-order chi connectivity index (χ1) is 10.7. The van der Waals surface area contributed by atoms with Crippen LogP contribution in [0.15, 0.2) is 47.2 Å². The first kappa shape index (κ1) is 14.4. The Kier molecular flexibility index (Phi) is 3.98. The van der Waals surface area contributed by atoms with E-state index in [1.54, 1.807) is 17.8 Å². The third-order valence-electron chi connectivity index (χ3n) is 3.22. The first-order valence-corrected chi connectivity index (χ1v) is 7.33. The van der Waals surface area contributed by atoms with E-state index < -0.39 is 0 Å². The van der Waals surface area contributed by atoms with Crippen molar-refractivity contribution in [1.29, 1.82) is 5.26 Å². The van der Waals surface area contributed by atoms with Crippen LogP contribution in [-0.4, -0.2) is 16.7 Å². The number of aromatic nitrogens is 2. The van der Waals surface area contributed by atoms with Crippen molar-refractivity contribution >= 4 is 21.4 Å². The molecule has 0 aliphatic rings. The van der Waals surface area contributed by atoms with Gasteiger partial charge in [0.25, 0.3) is 0 Å². The van der Waals surface area contributed by atoms with Crippen molar-refractivity contribution in [2.24, 2.45) is 0 Å². The summed E-state index contributed by atoms with van der Waals surface area (Å²) in [6.07, 6.45) is 3.32. The van der Waals surface area contributed by atoms with E-state index in [1.807, 2.05) is 30.3 Å². The van der Waals surface area contributed by atoms with Gasteiger partial charge in [-0.3, -0.25) is 0 Å². The molecule has 0 radical (unpaired) electrons. The fourth-order valence-electron chi connectivity index (χ4n) is 2.13. The van der Waals surface area contributed by atoms with E-state index in [1.165, 1.54) is 6.20 Å². The molecule has 22 heavy (non-hydrogen) atoms. The van der Waals surface area contributed by atoms with Gasteiger partial charge in [-0.25, -0.2) is 4.52 Å². The molecule has 5 nitrogen and oxygen atoms in total. The molecule has 0 atom stereocenters. The molecule has 6 heteroatoms. The second-order valence-electron chi connectivity index (χ2n) is 4.62. The number of halogens is 1. The van der Waals surface area contributed by atoms with Crippen molar-refractivity contribution in [1.82, 2.24) is 9.61 Å². The molecular weight excluding hydrogens is 346 g/mol. The first-order valence-electron chi connectivity index (χ1n) is 6.54. The molecule has 0 fully saturated rings. The summed E-state index contributed by atoms with van der Waals surface area (Å²) in [7, 11) is 1.63. The predicted octanol–water partition coefficient (Wildman–Crippen LogP) is 3.56. The van der Waals surface area contributed by atoms with Gasteiger partial charge in [-0.15, -0.1) is 0 Å². The van der Waals surface area contributed by atoms with Crippen LogP contribution in [0.2, 0.25) is 0 Å². The van der Waals surface area contributed by atoms with Crippen LogP contribution in [0.5, 0.6) is 11.5 Å². The number of fused-ring (bicyclic) bond motifs is 1. The van der Waals surface area contributed by atoms with E-state index in [2.05, 4.69) is 27.1 Å². The summed E-state index contributed by atoms with van der Waals surface area (Å²) >= 11 is 3.42. The highest BCUT2D eigenvalue weighted by atomic mass is 79.9. The molecule has 0 amide bonds. The fourth-order valence-corrected chi connectivity index (χ4v) is 2.53. The third kappa shape index (κ3) is 2.76. The van der Waals surface area contributed by atoms with Gasteiger partial charge in [0.05, 0.1) is 13.3 Å². The van der Waals surface area contributed by atoms with Crippen LogP contribution in [0.4, 0.5) is 0 Å². The zero-order valence-electron chi connectivity index (χ0n) is 11.8. The molecule has 0 spiro atoms. The van der Waals surface area contributed by atoms with Crippen molar-refractivity contribution in [3.8, 4) is 17.6 Å². The summed E-state index contributed by atoms with van der Waals surface area (Å²) in [6, 6.07) is 11.6. The number of pyridine rings is 1. The van der Waals surface area contributed by atoms with Gasteiger partial charge in [0, 0.05) is 10.7 Å². The standard InChI is InChI=1S/C16H12BrN3O2/c1-21-14-4-2-11(3-5-14)10-22-15-6-13(17)9-20-16(15)12(7-18)8-19-20/h2-6,8-9H,10H2,1H3. The molecule has 0 unspecified atom stereocenters. The zero-order chi connectivity index (χ0) is 15.5. The van der Waals surface area contributed by atoms with Gasteiger partial charge < -0.3 is 9.47 Å². The molecule has 3 rings (SSSR count). The molecular formula is C16H12BrN3O2. The van der Waals surface area contributed by atoms with Crippen molar-refractivity contribution < 1.29 is 9.47 Å². The Bertz CT molecular complexity index is 850. The normalized spacial score (nSPS) is 10.4. The lowest BCUT2D eigenvalue weighted by Gasteiger charge is -2.09. The van der Waals surface area contributed by atoms with Crippen molar-refractivity contribution in [2.75, 3.05) is 7.11 Å². The second kappa shape index (κ2) is 6.08. The van der Waals surface area contributed by atoms with E-state index in [9.17, 15) is 5.26 Å².